The topological polar surface area (TPSA) is 97.7 Å². The predicted octanol–water partition coefficient (Wildman–Crippen LogP) is 3.42. The Morgan fingerprint density at radius 1 is 1.03 bits per heavy atom. The van der Waals surface area contributed by atoms with Crippen molar-refractivity contribution in [1.29, 1.82) is 0 Å². The van der Waals surface area contributed by atoms with E-state index in [-0.39, 0.29) is 29.9 Å². The van der Waals surface area contributed by atoms with Gasteiger partial charge in [-0.1, -0.05) is 55.4 Å². The number of carbonyl (C=O) groups is 3. The van der Waals surface area contributed by atoms with Crippen LogP contribution in [0.5, 0.6) is 0 Å². The van der Waals surface area contributed by atoms with Gasteiger partial charge in [-0.15, -0.1) is 0 Å². The van der Waals surface area contributed by atoms with Crippen molar-refractivity contribution < 1.29 is 14.4 Å². The van der Waals surface area contributed by atoms with E-state index in [1.807, 2.05) is 47.4 Å². The molecule has 0 radical (unpaired) electrons. The van der Waals surface area contributed by atoms with Crippen molar-refractivity contribution in [2.75, 3.05) is 43.4 Å². The zero-order valence-electron chi connectivity index (χ0n) is 22.2. The summed E-state index contributed by atoms with van der Waals surface area (Å²) < 4.78 is 0. The van der Waals surface area contributed by atoms with Crippen molar-refractivity contribution in [1.82, 2.24) is 15.1 Å². The summed E-state index contributed by atoms with van der Waals surface area (Å²) in [6.07, 6.45) is 2.51. The Balaban J connectivity index is 1.21. The van der Waals surface area contributed by atoms with E-state index in [0.717, 1.165) is 37.2 Å². The minimum atomic E-state index is -0.643. The SMILES string of the molecule is CCCCNC(=O)CCC1N=C2c3ccccc3N=C(SCC(=O)N3CCN(c4ccccc4)CC3)N2C1=O. The summed E-state index contributed by atoms with van der Waals surface area (Å²) in [6.45, 7) is 5.59. The number of piperazine rings is 1. The number of para-hydroxylation sites is 2. The fourth-order valence-electron chi connectivity index (χ4n) is 4.92. The van der Waals surface area contributed by atoms with Crippen molar-refractivity contribution >= 4 is 51.9 Å². The lowest BCUT2D eigenvalue weighted by atomic mass is 10.1. The number of thioether (sulfide) groups is 1. The van der Waals surface area contributed by atoms with Crippen molar-refractivity contribution in [3.63, 3.8) is 0 Å². The minimum Gasteiger partial charge on any atom is -0.368 e. The number of hydrogen-bond acceptors (Lipinski definition) is 7. The third-order valence-electron chi connectivity index (χ3n) is 7.12. The summed E-state index contributed by atoms with van der Waals surface area (Å²) in [4.78, 5) is 53.9. The first-order chi connectivity index (χ1) is 19.0. The van der Waals surface area contributed by atoms with Gasteiger partial charge in [-0.05, 0) is 37.1 Å². The molecule has 0 aliphatic carbocycles. The summed E-state index contributed by atoms with van der Waals surface area (Å²) in [7, 11) is 0. The highest BCUT2D eigenvalue weighted by atomic mass is 32.2. The van der Waals surface area contributed by atoms with Crippen molar-refractivity contribution in [3.8, 4) is 0 Å². The largest absolute Gasteiger partial charge is 0.368 e. The lowest BCUT2D eigenvalue weighted by molar-refractivity contribution is -0.129. The second kappa shape index (κ2) is 12.5. The first-order valence-electron chi connectivity index (χ1n) is 13.6. The normalized spacial score (nSPS) is 18.3. The van der Waals surface area contributed by atoms with E-state index in [0.29, 0.717) is 37.1 Å². The number of aliphatic imine (C=N–C) groups is 2. The molecule has 1 atom stereocenters. The molecule has 9 nitrogen and oxygen atoms in total. The van der Waals surface area contributed by atoms with Gasteiger partial charge < -0.3 is 15.1 Å². The molecule has 10 heteroatoms. The van der Waals surface area contributed by atoms with Crippen LogP contribution < -0.4 is 10.2 Å². The number of amides is 3. The molecule has 1 unspecified atom stereocenters. The Kier molecular flexibility index (Phi) is 8.61. The molecule has 0 spiro atoms. The number of nitrogens with zero attached hydrogens (tertiary/aromatic N) is 5. The van der Waals surface area contributed by atoms with Gasteiger partial charge >= 0.3 is 0 Å². The lowest BCUT2D eigenvalue weighted by Crippen LogP contribution is -2.49. The Hall–Kier alpha value is -3.66. The molecule has 2 aromatic carbocycles. The number of hydrogen-bond donors (Lipinski definition) is 1. The van der Waals surface area contributed by atoms with Crippen LogP contribution in [0, 0.1) is 0 Å². The number of nitrogens with one attached hydrogen (secondary N) is 1. The number of amidine groups is 2. The van der Waals surface area contributed by atoms with E-state index in [1.54, 1.807) is 0 Å². The maximum absolute atomic E-state index is 13.4. The molecule has 0 bridgehead atoms. The quantitative estimate of drug-likeness (QED) is 0.486. The van der Waals surface area contributed by atoms with E-state index < -0.39 is 6.04 Å². The summed E-state index contributed by atoms with van der Waals surface area (Å²) >= 11 is 1.27. The van der Waals surface area contributed by atoms with Gasteiger partial charge in [0.15, 0.2) is 5.17 Å². The highest BCUT2D eigenvalue weighted by molar-refractivity contribution is 8.14. The smallest absolute Gasteiger partial charge is 0.259 e. The van der Waals surface area contributed by atoms with Crippen LogP contribution in [-0.4, -0.2) is 83.0 Å². The summed E-state index contributed by atoms with van der Waals surface area (Å²) in [5.74, 6) is 0.501. The van der Waals surface area contributed by atoms with Gasteiger partial charge in [0.2, 0.25) is 11.8 Å². The Labute approximate surface area is 233 Å². The van der Waals surface area contributed by atoms with Gasteiger partial charge in [-0.25, -0.2) is 9.89 Å². The van der Waals surface area contributed by atoms with Crippen LogP contribution in [0.15, 0.2) is 64.6 Å². The minimum absolute atomic E-state index is 0.0275. The molecular formula is C29H34N6O3S. The van der Waals surface area contributed by atoms with Crippen molar-refractivity contribution in [3.05, 3.63) is 60.2 Å². The number of unbranched alkanes of at least 4 members (excludes halogenated alkanes) is 1. The van der Waals surface area contributed by atoms with Crippen LogP contribution in [-0.2, 0) is 14.4 Å². The average molecular weight is 547 g/mol. The van der Waals surface area contributed by atoms with Gasteiger partial charge in [0.25, 0.3) is 5.91 Å². The maximum Gasteiger partial charge on any atom is 0.259 e. The molecule has 1 saturated heterocycles. The van der Waals surface area contributed by atoms with Gasteiger partial charge in [0.05, 0.1) is 11.4 Å². The van der Waals surface area contributed by atoms with E-state index >= 15 is 0 Å². The predicted molar refractivity (Wildman–Crippen MR) is 156 cm³/mol. The molecule has 0 saturated carbocycles. The van der Waals surface area contributed by atoms with Gasteiger partial charge in [-0.3, -0.25) is 19.4 Å². The van der Waals surface area contributed by atoms with Crippen LogP contribution in [0.2, 0.25) is 0 Å². The molecule has 204 valence electrons. The fourth-order valence-corrected chi connectivity index (χ4v) is 5.82. The van der Waals surface area contributed by atoms with Gasteiger partial charge in [0, 0.05) is 50.4 Å². The highest BCUT2D eigenvalue weighted by Gasteiger charge is 2.41. The molecule has 3 aliphatic heterocycles. The Bertz CT molecular complexity index is 1270. The summed E-state index contributed by atoms with van der Waals surface area (Å²) in [5, 5.41) is 3.36. The highest BCUT2D eigenvalue weighted by Crippen LogP contribution is 2.34. The third-order valence-corrected chi connectivity index (χ3v) is 8.05. The maximum atomic E-state index is 13.4. The van der Waals surface area contributed by atoms with E-state index in [1.165, 1.54) is 22.3 Å². The molecule has 3 aliphatic rings. The van der Waals surface area contributed by atoms with E-state index in [2.05, 4.69) is 29.3 Å². The number of rotatable bonds is 9. The summed E-state index contributed by atoms with van der Waals surface area (Å²) in [6, 6.07) is 17.2. The lowest BCUT2D eigenvalue weighted by Gasteiger charge is -2.36. The van der Waals surface area contributed by atoms with Crippen molar-refractivity contribution in [2.45, 2.75) is 38.6 Å². The molecule has 1 fully saturated rings. The van der Waals surface area contributed by atoms with Gasteiger partial charge in [0.1, 0.15) is 11.9 Å². The zero-order valence-corrected chi connectivity index (χ0v) is 23.0. The molecular weight excluding hydrogens is 512 g/mol. The Morgan fingerprint density at radius 3 is 2.54 bits per heavy atom. The number of benzene rings is 2. The fraction of sp³-hybridized carbons (Fsp3) is 0.414. The molecule has 0 aromatic heterocycles. The van der Waals surface area contributed by atoms with Crippen LogP contribution in [0.1, 0.15) is 38.2 Å². The number of fused-ring (bicyclic) bond motifs is 3. The van der Waals surface area contributed by atoms with Crippen LogP contribution in [0.4, 0.5) is 11.4 Å². The molecule has 3 heterocycles. The summed E-state index contributed by atoms with van der Waals surface area (Å²) in [5.41, 5.74) is 2.68. The van der Waals surface area contributed by atoms with Crippen LogP contribution in [0.25, 0.3) is 0 Å². The number of anilines is 1. The second-order valence-corrected chi connectivity index (χ2v) is 10.7. The molecule has 2 aromatic rings. The van der Waals surface area contributed by atoms with E-state index in [4.69, 9.17) is 9.98 Å². The zero-order chi connectivity index (χ0) is 27.2. The first kappa shape index (κ1) is 26.9. The third kappa shape index (κ3) is 6.16. The van der Waals surface area contributed by atoms with E-state index in [9.17, 15) is 14.4 Å². The second-order valence-electron chi connectivity index (χ2n) is 9.79. The molecule has 1 N–H and O–H groups in total. The standard InChI is InChI=1S/C29H34N6O3S/c1-2-3-15-30-25(36)14-13-24-28(38)35-27(31-24)22-11-7-8-12-23(22)32-29(35)39-20-26(37)34-18-16-33(17-19-34)21-9-5-4-6-10-21/h4-12,24H,2-3,13-20H2,1H3,(H,30,36). The first-order valence-corrected chi connectivity index (χ1v) is 14.6. The Morgan fingerprint density at radius 2 is 1.77 bits per heavy atom. The molecule has 3 amide bonds. The van der Waals surface area contributed by atoms with Gasteiger partial charge in [-0.2, -0.15) is 0 Å². The average Bonchev–Trinajstić information content (AvgIpc) is 3.31. The molecule has 5 rings (SSSR count). The molecule has 39 heavy (non-hydrogen) atoms. The monoisotopic (exact) mass is 546 g/mol. The van der Waals surface area contributed by atoms with Crippen molar-refractivity contribution in [2.24, 2.45) is 9.98 Å². The number of carbonyl (C=O) groups excluding carboxylic acids is 3. The van der Waals surface area contributed by atoms with Crippen LogP contribution >= 0.6 is 11.8 Å². The van der Waals surface area contributed by atoms with Crippen LogP contribution in [0.3, 0.4) is 0 Å².